The number of para-hydroxylation sites is 2. The summed E-state index contributed by atoms with van der Waals surface area (Å²) in [4.78, 5) is 16.6. The van der Waals surface area contributed by atoms with Crippen molar-refractivity contribution in [2.75, 3.05) is 37.0 Å². The molecule has 0 amide bonds. The highest BCUT2D eigenvalue weighted by Crippen LogP contribution is 2.41. The Morgan fingerprint density at radius 3 is 2.58 bits per heavy atom. The van der Waals surface area contributed by atoms with E-state index in [1.165, 1.54) is 12.8 Å². The molecule has 0 N–H and O–H groups in total. The van der Waals surface area contributed by atoms with Gasteiger partial charge in [-0.05, 0) is 30.9 Å². The standard InChI is InChI=1S/C15H20N2O2/c1-16-9-10-17(13-6-4-3-5-12(13)16)14(11-7-8-11)15(18)19-2/h3-6,11,14H,7-10H2,1-2H3. The van der Waals surface area contributed by atoms with E-state index in [4.69, 9.17) is 4.74 Å². The Bertz CT molecular complexity index is 485. The fourth-order valence-corrected chi connectivity index (χ4v) is 2.92. The lowest BCUT2D eigenvalue weighted by molar-refractivity contribution is -0.142. The lowest BCUT2D eigenvalue weighted by Gasteiger charge is -2.40. The number of anilines is 2. The first-order valence-electron chi connectivity index (χ1n) is 6.87. The van der Waals surface area contributed by atoms with Crippen LogP contribution >= 0.6 is 0 Å². The fourth-order valence-electron chi connectivity index (χ4n) is 2.92. The van der Waals surface area contributed by atoms with Crippen molar-refractivity contribution in [2.24, 2.45) is 5.92 Å². The molecule has 1 atom stereocenters. The molecule has 0 aromatic heterocycles. The smallest absolute Gasteiger partial charge is 0.328 e. The first kappa shape index (κ1) is 12.3. The molecule has 0 spiro atoms. The van der Waals surface area contributed by atoms with Crippen molar-refractivity contribution in [2.45, 2.75) is 18.9 Å². The van der Waals surface area contributed by atoms with Crippen LogP contribution in [-0.4, -0.2) is 39.3 Å². The minimum Gasteiger partial charge on any atom is -0.467 e. The number of likely N-dealkylation sites (N-methyl/N-ethyl adjacent to an activating group) is 1. The zero-order valence-electron chi connectivity index (χ0n) is 11.5. The molecule has 0 radical (unpaired) electrons. The third-order valence-corrected chi connectivity index (χ3v) is 4.13. The van der Waals surface area contributed by atoms with Crippen LogP contribution in [0.15, 0.2) is 24.3 Å². The Labute approximate surface area is 113 Å². The summed E-state index contributed by atoms with van der Waals surface area (Å²) in [5.74, 6) is 0.366. The maximum absolute atomic E-state index is 12.1. The van der Waals surface area contributed by atoms with Crippen molar-refractivity contribution in [3.05, 3.63) is 24.3 Å². The van der Waals surface area contributed by atoms with Gasteiger partial charge in [0.2, 0.25) is 0 Å². The molecule has 1 aromatic rings. The largest absolute Gasteiger partial charge is 0.467 e. The zero-order chi connectivity index (χ0) is 13.4. The van der Waals surface area contributed by atoms with E-state index in [0.29, 0.717) is 5.92 Å². The summed E-state index contributed by atoms with van der Waals surface area (Å²) in [6.45, 7) is 1.82. The summed E-state index contributed by atoms with van der Waals surface area (Å²) < 4.78 is 5.01. The van der Waals surface area contributed by atoms with E-state index in [-0.39, 0.29) is 12.0 Å². The third kappa shape index (κ3) is 2.15. The van der Waals surface area contributed by atoms with Crippen LogP contribution in [0.5, 0.6) is 0 Å². The highest BCUT2D eigenvalue weighted by Gasteiger charge is 2.42. The molecule has 2 aliphatic rings. The van der Waals surface area contributed by atoms with Gasteiger partial charge in [-0.3, -0.25) is 0 Å². The number of rotatable bonds is 3. The number of carbonyl (C=O) groups excluding carboxylic acids is 1. The van der Waals surface area contributed by atoms with Gasteiger partial charge in [-0.25, -0.2) is 4.79 Å². The summed E-state index contributed by atoms with van der Waals surface area (Å²) in [5.41, 5.74) is 2.35. The number of methoxy groups -OCH3 is 1. The lowest BCUT2D eigenvalue weighted by Crippen LogP contribution is -2.49. The second-order valence-electron chi connectivity index (χ2n) is 5.41. The van der Waals surface area contributed by atoms with Crippen molar-refractivity contribution < 1.29 is 9.53 Å². The minimum absolute atomic E-state index is 0.0955. The number of hydrogen-bond donors (Lipinski definition) is 0. The van der Waals surface area contributed by atoms with Gasteiger partial charge in [-0.15, -0.1) is 0 Å². The molecule has 1 unspecified atom stereocenters. The van der Waals surface area contributed by atoms with Crippen LogP contribution in [0.3, 0.4) is 0 Å². The van der Waals surface area contributed by atoms with Crippen LogP contribution in [0.4, 0.5) is 11.4 Å². The van der Waals surface area contributed by atoms with Crippen molar-refractivity contribution in [1.29, 1.82) is 0 Å². The van der Waals surface area contributed by atoms with E-state index in [1.807, 2.05) is 12.1 Å². The predicted octanol–water partition coefficient (Wildman–Crippen LogP) is 1.89. The van der Waals surface area contributed by atoms with Gasteiger partial charge in [-0.1, -0.05) is 12.1 Å². The second kappa shape index (κ2) is 4.76. The second-order valence-corrected chi connectivity index (χ2v) is 5.41. The molecule has 1 aliphatic heterocycles. The van der Waals surface area contributed by atoms with Crippen LogP contribution in [0.1, 0.15) is 12.8 Å². The van der Waals surface area contributed by atoms with Crippen LogP contribution in [0, 0.1) is 5.92 Å². The number of carbonyl (C=O) groups is 1. The minimum atomic E-state index is -0.111. The normalized spacial score (nSPS) is 19.9. The molecule has 4 nitrogen and oxygen atoms in total. The van der Waals surface area contributed by atoms with Crippen molar-refractivity contribution in [3.63, 3.8) is 0 Å². The molecule has 102 valence electrons. The van der Waals surface area contributed by atoms with Crippen molar-refractivity contribution in [3.8, 4) is 0 Å². The third-order valence-electron chi connectivity index (χ3n) is 4.13. The Morgan fingerprint density at radius 1 is 1.26 bits per heavy atom. The predicted molar refractivity (Wildman–Crippen MR) is 75.6 cm³/mol. The number of esters is 1. The molecular weight excluding hydrogens is 240 g/mol. The van der Waals surface area contributed by atoms with E-state index < -0.39 is 0 Å². The van der Waals surface area contributed by atoms with Crippen molar-refractivity contribution in [1.82, 2.24) is 0 Å². The van der Waals surface area contributed by atoms with Crippen LogP contribution < -0.4 is 9.80 Å². The lowest BCUT2D eigenvalue weighted by atomic mass is 10.1. The van der Waals surface area contributed by atoms with Gasteiger partial charge in [0, 0.05) is 20.1 Å². The average molecular weight is 260 g/mol. The van der Waals surface area contributed by atoms with Crippen LogP contribution in [0.2, 0.25) is 0 Å². The maximum Gasteiger partial charge on any atom is 0.328 e. The SMILES string of the molecule is COC(=O)C(C1CC1)N1CCN(C)c2ccccc21. The summed E-state index contributed by atoms with van der Waals surface area (Å²) in [7, 11) is 3.58. The molecule has 1 aromatic carbocycles. The molecular formula is C15H20N2O2. The number of fused-ring (bicyclic) bond motifs is 1. The van der Waals surface area contributed by atoms with Gasteiger partial charge in [0.05, 0.1) is 18.5 Å². The first-order chi connectivity index (χ1) is 9.22. The monoisotopic (exact) mass is 260 g/mol. The molecule has 4 heteroatoms. The zero-order valence-corrected chi connectivity index (χ0v) is 11.5. The topological polar surface area (TPSA) is 32.8 Å². The maximum atomic E-state index is 12.1. The Kier molecular flexibility index (Phi) is 3.09. The molecule has 0 saturated heterocycles. The number of hydrogen-bond acceptors (Lipinski definition) is 4. The Morgan fingerprint density at radius 2 is 1.95 bits per heavy atom. The molecule has 3 rings (SSSR count). The van der Waals surface area contributed by atoms with Gasteiger partial charge in [0.15, 0.2) is 0 Å². The fraction of sp³-hybridized carbons (Fsp3) is 0.533. The van der Waals surface area contributed by atoms with Gasteiger partial charge < -0.3 is 14.5 Å². The van der Waals surface area contributed by atoms with Gasteiger partial charge >= 0.3 is 5.97 Å². The molecule has 19 heavy (non-hydrogen) atoms. The molecule has 1 saturated carbocycles. The quantitative estimate of drug-likeness (QED) is 0.777. The van der Waals surface area contributed by atoms with Crippen LogP contribution in [0.25, 0.3) is 0 Å². The summed E-state index contributed by atoms with van der Waals surface area (Å²) in [6, 6.07) is 8.18. The first-order valence-corrected chi connectivity index (χ1v) is 6.87. The van der Waals surface area contributed by atoms with Gasteiger partial charge in [0.1, 0.15) is 6.04 Å². The molecule has 1 aliphatic carbocycles. The van der Waals surface area contributed by atoms with E-state index >= 15 is 0 Å². The summed E-state index contributed by atoms with van der Waals surface area (Å²) in [6.07, 6.45) is 2.27. The van der Waals surface area contributed by atoms with E-state index in [9.17, 15) is 4.79 Å². The van der Waals surface area contributed by atoms with Gasteiger partial charge in [0.25, 0.3) is 0 Å². The van der Waals surface area contributed by atoms with Gasteiger partial charge in [-0.2, -0.15) is 0 Å². The van der Waals surface area contributed by atoms with Crippen LogP contribution in [-0.2, 0) is 9.53 Å². The average Bonchev–Trinajstić information content (AvgIpc) is 3.26. The molecule has 1 fully saturated rings. The Hall–Kier alpha value is -1.71. The molecule has 1 heterocycles. The van der Waals surface area contributed by atoms with E-state index in [2.05, 4.69) is 29.0 Å². The number of ether oxygens (including phenoxy) is 1. The highest BCUT2D eigenvalue weighted by molar-refractivity contribution is 5.84. The van der Waals surface area contributed by atoms with E-state index in [0.717, 1.165) is 31.6 Å². The highest BCUT2D eigenvalue weighted by atomic mass is 16.5. The molecule has 0 bridgehead atoms. The number of benzene rings is 1. The van der Waals surface area contributed by atoms with E-state index in [1.54, 1.807) is 0 Å². The number of nitrogens with zero attached hydrogens (tertiary/aromatic N) is 2. The Balaban J connectivity index is 1.96. The van der Waals surface area contributed by atoms with Crippen molar-refractivity contribution >= 4 is 17.3 Å². The summed E-state index contributed by atoms with van der Waals surface area (Å²) >= 11 is 0. The summed E-state index contributed by atoms with van der Waals surface area (Å²) in [5, 5.41) is 0.